The van der Waals surface area contributed by atoms with Gasteiger partial charge in [-0.3, -0.25) is 4.79 Å². The monoisotopic (exact) mass is 468 g/mol. The van der Waals surface area contributed by atoms with Gasteiger partial charge in [-0.25, -0.2) is 0 Å². The number of carbonyl (C=O) groups excluding carboxylic acids is 1. The third-order valence-corrected chi connectivity index (χ3v) is 7.32. The van der Waals surface area contributed by atoms with E-state index in [0.717, 1.165) is 38.5 Å². The lowest BCUT2D eigenvalue weighted by atomic mass is 9.83. The minimum atomic E-state index is -2.73. The Balaban J connectivity index is 2.30. The molecule has 0 aromatic carbocycles. The Labute approximate surface area is 203 Å². The van der Waals surface area contributed by atoms with Crippen molar-refractivity contribution in [1.29, 1.82) is 0 Å². The number of aliphatic hydroxyl groups excluding tert-OH is 1. The Hall–Kier alpha value is -0.750. The molecule has 1 rings (SSSR count). The zero-order valence-electron chi connectivity index (χ0n) is 21.9. The summed E-state index contributed by atoms with van der Waals surface area (Å²) in [6, 6.07) is 0. The number of aliphatic hydroxyl groups is 3. The average Bonchev–Trinajstić information content (AvgIpc) is 3.20. The second-order valence-corrected chi connectivity index (χ2v) is 10.9. The largest absolute Gasteiger partial charge is 0.387 e. The number of carbonyl (C=O) groups is 1. The number of hydrogen-bond acceptors (Lipinski definition) is 5. The molecule has 3 atom stereocenters. The van der Waals surface area contributed by atoms with E-state index >= 15 is 0 Å². The maximum Gasteiger partial charge on any atom is 0.253 e. The third kappa shape index (κ3) is 12.0. The van der Waals surface area contributed by atoms with Crippen molar-refractivity contribution in [2.45, 2.75) is 129 Å². The van der Waals surface area contributed by atoms with Crippen molar-refractivity contribution in [1.82, 2.24) is 0 Å². The van der Waals surface area contributed by atoms with Gasteiger partial charge in [0.15, 0.2) is 0 Å². The van der Waals surface area contributed by atoms with E-state index in [9.17, 15) is 20.1 Å². The van der Waals surface area contributed by atoms with Crippen LogP contribution >= 0.6 is 0 Å². The fourth-order valence-electron chi connectivity index (χ4n) is 5.08. The molecule has 1 aliphatic carbocycles. The highest BCUT2D eigenvalue weighted by Crippen LogP contribution is 2.37. The lowest BCUT2D eigenvalue weighted by molar-refractivity contribution is -0.223. The zero-order valence-corrected chi connectivity index (χ0v) is 21.9. The molecule has 1 fully saturated rings. The summed E-state index contributed by atoms with van der Waals surface area (Å²) in [4.78, 5) is 12.1. The molecule has 5 heteroatoms. The van der Waals surface area contributed by atoms with Gasteiger partial charge in [-0.05, 0) is 68.6 Å². The van der Waals surface area contributed by atoms with Gasteiger partial charge in [0.05, 0.1) is 0 Å². The first-order valence-corrected chi connectivity index (χ1v) is 13.5. The van der Waals surface area contributed by atoms with Gasteiger partial charge in [0.25, 0.3) is 5.79 Å². The van der Waals surface area contributed by atoms with Crippen LogP contribution in [-0.4, -0.2) is 46.2 Å². The number of hydrogen-bond donors (Lipinski definition) is 3. The highest BCUT2D eigenvalue weighted by atomic mass is 16.5. The predicted molar refractivity (Wildman–Crippen MR) is 135 cm³/mol. The summed E-state index contributed by atoms with van der Waals surface area (Å²) in [6.07, 6.45) is 17.8. The van der Waals surface area contributed by atoms with E-state index < -0.39 is 17.7 Å². The van der Waals surface area contributed by atoms with Crippen molar-refractivity contribution in [2.24, 2.45) is 17.3 Å². The molecule has 1 aliphatic rings. The second kappa shape index (κ2) is 16.0. The van der Waals surface area contributed by atoms with Crippen molar-refractivity contribution in [2.75, 3.05) is 13.2 Å². The highest BCUT2D eigenvalue weighted by Gasteiger charge is 2.40. The van der Waals surface area contributed by atoms with Gasteiger partial charge >= 0.3 is 0 Å². The van der Waals surface area contributed by atoms with E-state index in [-0.39, 0.29) is 13.0 Å². The lowest BCUT2D eigenvalue weighted by Gasteiger charge is -2.26. The number of Topliss-reactive ketones (excluding diaryl/α,β-unsaturated/α-hetero) is 1. The molecular weight excluding hydrogens is 416 g/mol. The Kier molecular flexibility index (Phi) is 14.7. The normalized spacial score (nSPS) is 20.6. The minimum absolute atomic E-state index is 0.203. The van der Waals surface area contributed by atoms with Crippen LogP contribution in [0.1, 0.15) is 118 Å². The summed E-state index contributed by atoms with van der Waals surface area (Å²) in [7, 11) is 0. The summed E-state index contributed by atoms with van der Waals surface area (Å²) in [5, 5.41) is 30.4. The van der Waals surface area contributed by atoms with Gasteiger partial charge in [0, 0.05) is 6.61 Å². The van der Waals surface area contributed by atoms with E-state index in [1.807, 2.05) is 0 Å². The standard InChI is InChI=1S/C28H52O5/c1-5-7-12-21-33-22-26(30)28(31,32)25(29)18-9-8-14-23-16-13-17-24(23)15-10-11-20-27(3,4)19-6-2/h10,15,23-25,29,31-32H,5-9,11-14,16-22H2,1-4H3/t23-,24-,25?/m0/s1. The van der Waals surface area contributed by atoms with Crippen LogP contribution in [0.4, 0.5) is 0 Å². The van der Waals surface area contributed by atoms with Crippen LogP contribution < -0.4 is 0 Å². The summed E-state index contributed by atoms with van der Waals surface area (Å²) in [5.41, 5.74) is 0.423. The van der Waals surface area contributed by atoms with Crippen LogP contribution in [-0.2, 0) is 9.53 Å². The van der Waals surface area contributed by atoms with E-state index in [4.69, 9.17) is 4.74 Å². The van der Waals surface area contributed by atoms with Crippen LogP contribution in [0, 0.1) is 17.3 Å². The summed E-state index contributed by atoms with van der Waals surface area (Å²) in [5.74, 6) is -2.28. The van der Waals surface area contributed by atoms with Crippen LogP contribution in [0.25, 0.3) is 0 Å². The van der Waals surface area contributed by atoms with Gasteiger partial charge in [-0.2, -0.15) is 0 Å². The van der Waals surface area contributed by atoms with Crippen molar-refractivity contribution >= 4 is 5.78 Å². The van der Waals surface area contributed by atoms with E-state index in [1.54, 1.807) is 0 Å². The van der Waals surface area contributed by atoms with E-state index in [1.165, 1.54) is 38.5 Å². The van der Waals surface area contributed by atoms with Crippen LogP contribution in [0.15, 0.2) is 12.2 Å². The van der Waals surface area contributed by atoms with Crippen LogP contribution in [0.2, 0.25) is 0 Å². The fourth-order valence-corrected chi connectivity index (χ4v) is 5.08. The molecular formula is C28H52O5. The Morgan fingerprint density at radius 1 is 1.06 bits per heavy atom. The quantitative estimate of drug-likeness (QED) is 0.124. The first-order chi connectivity index (χ1) is 15.6. The molecule has 5 nitrogen and oxygen atoms in total. The van der Waals surface area contributed by atoms with E-state index in [2.05, 4.69) is 39.8 Å². The molecule has 3 N–H and O–H groups in total. The Morgan fingerprint density at radius 2 is 1.82 bits per heavy atom. The molecule has 0 saturated heterocycles. The summed E-state index contributed by atoms with van der Waals surface area (Å²) < 4.78 is 5.22. The van der Waals surface area contributed by atoms with Crippen LogP contribution in [0.3, 0.4) is 0 Å². The smallest absolute Gasteiger partial charge is 0.253 e. The van der Waals surface area contributed by atoms with Crippen molar-refractivity contribution in [3.63, 3.8) is 0 Å². The Morgan fingerprint density at radius 3 is 2.52 bits per heavy atom. The fraction of sp³-hybridized carbons (Fsp3) is 0.893. The van der Waals surface area contributed by atoms with Gasteiger partial charge in [0.1, 0.15) is 12.7 Å². The van der Waals surface area contributed by atoms with Crippen molar-refractivity contribution < 1.29 is 24.9 Å². The third-order valence-electron chi connectivity index (χ3n) is 7.32. The molecule has 0 aromatic rings. The molecule has 0 radical (unpaired) electrons. The predicted octanol–water partition coefficient (Wildman–Crippen LogP) is 5.94. The maximum atomic E-state index is 12.1. The first kappa shape index (κ1) is 30.3. The SMILES string of the molecule is CCCCCOCC(=O)C(O)(O)C(O)CCCC[C@H]1CCC[C@@H]1C=CCCC(C)(C)CCC. The number of ether oxygens (including phenoxy) is 1. The second-order valence-electron chi connectivity index (χ2n) is 10.9. The molecule has 1 unspecified atom stereocenters. The van der Waals surface area contributed by atoms with Gasteiger partial charge in [0.2, 0.25) is 5.78 Å². The minimum Gasteiger partial charge on any atom is -0.387 e. The lowest BCUT2D eigenvalue weighted by Crippen LogP contribution is -2.51. The Bertz CT molecular complexity index is 554. The molecule has 194 valence electrons. The topological polar surface area (TPSA) is 87.0 Å². The molecule has 1 saturated carbocycles. The molecule has 33 heavy (non-hydrogen) atoms. The first-order valence-electron chi connectivity index (χ1n) is 13.5. The van der Waals surface area contributed by atoms with E-state index in [0.29, 0.717) is 30.3 Å². The molecule has 0 aromatic heterocycles. The number of allylic oxidation sites excluding steroid dienone is 2. The van der Waals surface area contributed by atoms with Gasteiger partial charge in [-0.15, -0.1) is 0 Å². The highest BCUT2D eigenvalue weighted by molar-refractivity contribution is 5.87. The maximum absolute atomic E-state index is 12.1. The van der Waals surface area contributed by atoms with Crippen molar-refractivity contribution in [3.05, 3.63) is 12.2 Å². The number of rotatable bonds is 19. The molecule has 0 aliphatic heterocycles. The van der Waals surface area contributed by atoms with Crippen molar-refractivity contribution in [3.8, 4) is 0 Å². The van der Waals surface area contributed by atoms with Crippen LogP contribution in [0.5, 0.6) is 0 Å². The number of unbranched alkanes of at least 4 members (excludes halogenated alkanes) is 3. The van der Waals surface area contributed by atoms with Gasteiger partial charge < -0.3 is 20.1 Å². The number of ketones is 1. The summed E-state index contributed by atoms with van der Waals surface area (Å²) in [6.45, 7) is 9.09. The van der Waals surface area contributed by atoms with Gasteiger partial charge in [-0.1, -0.05) is 78.4 Å². The molecule has 0 spiro atoms. The average molecular weight is 469 g/mol. The summed E-state index contributed by atoms with van der Waals surface area (Å²) >= 11 is 0. The zero-order chi connectivity index (χ0) is 24.7. The molecule has 0 amide bonds. The molecule has 0 heterocycles. The molecule has 0 bridgehead atoms.